The number of halogens is 1. The standard InChI is InChI=1S/C28H24BrN3OS/c1-3-20-8-7-11-24-21(18-31(26(20)24)17-19-12-14-22(29)15-13-19)16-25-27(33)32(28(34)30(25)2)23-9-5-4-6-10-23/h4-16,18H,3,17H2,1-2H3/b25-16-. The van der Waals surface area contributed by atoms with Crippen molar-refractivity contribution in [2.45, 2.75) is 19.9 Å². The second kappa shape index (κ2) is 9.20. The molecule has 0 aliphatic carbocycles. The Morgan fingerprint density at radius 1 is 0.971 bits per heavy atom. The number of amides is 1. The van der Waals surface area contributed by atoms with E-state index >= 15 is 0 Å². The Labute approximate surface area is 213 Å². The first-order chi connectivity index (χ1) is 16.5. The number of para-hydroxylation sites is 2. The first kappa shape index (κ1) is 22.6. The smallest absolute Gasteiger partial charge is 0.281 e. The Balaban J connectivity index is 1.61. The summed E-state index contributed by atoms with van der Waals surface area (Å²) in [5, 5.41) is 1.62. The molecule has 1 amide bonds. The van der Waals surface area contributed by atoms with Crippen LogP contribution in [0, 0.1) is 0 Å². The number of thiocarbonyl (C=S) groups is 1. The minimum absolute atomic E-state index is 0.112. The minimum Gasteiger partial charge on any atom is -0.342 e. The van der Waals surface area contributed by atoms with Crippen molar-refractivity contribution in [3.8, 4) is 0 Å². The molecule has 170 valence electrons. The predicted molar refractivity (Wildman–Crippen MR) is 147 cm³/mol. The van der Waals surface area contributed by atoms with Gasteiger partial charge >= 0.3 is 0 Å². The van der Waals surface area contributed by atoms with E-state index < -0.39 is 0 Å². The molecular formula is C28H24BrN3OS. The van der Waals surface area contributed by atoms with Gasteiger partial charge in [-0.2, -0.15) is 0 Å². The third kappa shape index (κ3) is 3.97. The number of hydrogen-bond acceptors (Lipinski definition) is 2. The molecule has 0 N–H and O–H groups in total. The quantitative estimate of drug-likeness (QED) is 0.215. The van der Waals surface area contributed by atoms with Crippen LogP contribution in [0.2, 0.25) is 0 Å². The Hall–Kier alpha value is -3.22. The highest BCUT2D eigenvalue weighted by atomic mass is 79.9. The fourth-order valence-electron chi connectivity index (χ4n) is 4.49. The van der Waals surface area contributed by atoms with Crippen molar-refractivity contribution in [3.05, 3.63) is 106 Å². The SMILES string of the molecule is CCc1cccc2c(/C=C3/C(=O)N(c4ccccc4)C(=S)N3C)cn(Cc3ccc(Br)cc3)c12. The van der Waals surface area contributed by atoms with Gasteiger partial charge in [-0.3, -0.25) is 9.69 Å². The normalized spacial score (nSPS) is 15.2. The summed E-state index contributed by atoms with van der Waals surface area (Å²) in [6, 6.07) is 24.3. The lowest BCUT2D eigenvalue weighted by molar-refractivity contribution is -0.114. The number of aromatic nitrogens is 1. The molecule has 0 bridgehead atoms. The van der Waals surface area contributed by atoms with Gasteiger partial charge in [0, 0.05) is 35.2 Å². The Morgan fingerprint density at radius 3 is 2.41 bits per heavy atom. The third-order valence-corrected chi connectivity index (χ3v) is 7.21. The van der Waals surface area contributed by atoms with Crippen LogP contribution >= 0.6 is 28.1 Å². The summed E-state index contributed by atoms with van der Waals surface area (Å²) in [6.07, 6.45) is 5.05. The molecule has 1 saturated heterocycles. The number of hydrogen-bond donors (Lipinski definition) is 0. The average Bonchev–Trinajstić information content (AvgIpc) is 3.30. The Bertz CT molecular complexity index is 1420. The zero-order valence-electron chi connectivity index (χ0n) is 19.0. The highest BCUT2D eigenvalue weighted by Crippen LogP contribution is 2.32. The lowest BCUT2D eigenvalue weighted by atomic mass is 10.1. The minimum atomic E-state index is -0.112. The van der Waals surface area contributed by atoms with Gasteiger partial charge in [-0.1, -0.05) is 71.4 Å². The van der Waals surface area contributed by atoms with Gasteiger partial charge in [0.2, 0.25) is 0 Å². The fourth-order valence-corrected chi connectivity index (χ4v) is 5.04. The number of nitrogens with zero attached hydrogens (tertiary/aromatic N) is 3. The molecule has 0 radical (unpaired) electrons. The van der Waals surface area contributed by atoms with Gasteiger partial charge in [0.1, 0.15) is 5.70 Å². The number of benzene rings is 3. The second-order valence-corrected chi connectivity index (χ2v) is 9.63. The predicted octanol–water partition coefficient (Wildman–Crippen LogP) is 6.62. The van der Waals surface area contributed by atoms with Crippen LogP contribution in [0.15, 0.2) is 89.2 Å². The van der Waals surface area contributed by atoms with Crippen LogP contribution in [0.1, 0.15) is 23.6 Å². The molecule has 0 spiro atoms. The monoisotopic (exact) mass is 529 g/mol. The molecule has 1 aromatic heterocycles. The number of aryl methyl sites for hydroxylation is 1. The molecular weight excluding hydrogens is 506 g/mol. The summed E-state index contributed by atoms with van der Waals surface area (Å²) >= 11 is 9.15. The summed E-state index contributed by atoms with van der Waals surface area (Å²) in [6.45, 7) is 2.93. The number of likely N-dealkylation sites (N-methyl/N-ethyl adjacent to an activating group) is 1. The van der Waals surface area contributed by atoms with Gasteiger partial charge < -0.3 is 9.47 Å². The lowest BCUT2D eigenvalue weighted by Gasteiger charge is -2.16. The van der Waals surface area contributed by atoms with Gasteiger partial charge in [0.05, 0.1) is 11.2 Å². The van der Waals surface area contributed by atoms with Crippen molar-refractivity contribution in [2.75, 3.05) is 11.9 Å². The first-order valence-electron chi connectivity index (χ1n) is 11.2. The van der Waals surface area contributed by atoms with E-state index in [1.54, 1.807) is 9.80 Å². The molecule has 0 atom stereocenters. The molecule has 0 unspecified atom stereocenters. The van der Waals surface area contributed by atoms with Crippen LogP contribution in [-0.4, -0.2) is 27.5 Å². The van der Waals surface area contributed by atoms with Crippen molar-refractivity contribution in [2.24, 2.45) is 0 Å². The zero-order valence-corrected chi connectivity index (χ0v) is 21.4. The summed E-state index contributed by atoms with van der Waals surface area (Å²) in [7, 11) is 1.85. The lowest BCUT2D eigenvalue weighted by Crippen LogP contribution is -2.30. The molecule has 34 heavy (non-hydrogen) atoms. The fraction of sp³-hybridized carbons (Fsp3) is 0.143. The maximum atomic E-state index is 13.4. The van der Waals surface area contributed by atoms with Crippen molar-refractivity contribution in [1.82, 2.24) is 9.47 Å². The van der Waals surface area contributed by atoms with Crippen LogP contribution in [0.4, 0.5) is 5.69 Å². The molecule has 4 nitrogen and oxygen atoms in total. The summed E-state index contributed by atoms with van der Waals surface area (Å²) in [5.74, 6) is -0.112. The van der Waals surface area contributed by atoms with Crippen molar-refractivity contribution < 1.29 is 4.79 Å². The topological polar surface area (TPSA) is 28.5 Å². The van der Waals surface area contributed by atoms with E-state index in [-0.39, 0.29) is 5.91 Å². The van der Waals surface area contributed by atoms with Crippen molar-refractivity contribution in [1.29, 1.82) is 0 Å². The molecule has 5 rings (SSSR count). The molecule has 1 fully saturated rings. The number of rotatable bonds is 5. The first-order valence-corrected chi connectivity index (χ1v) is 12.4. The Kier molecular flexibility index (Phi) is 6.11. The van der Waals surface area contributed by atoms with Gasteiger partial charge in [0.15, 0.2) is 5.11 Å². The van der Waals surface area contributed by atoms with E-state index in [0.717, 1.165) is 34.1 Å². The molecule has 3 aromatic carbocycles. The van der Waals surface area contributed by atoms with E-state index in [0.29, 0.717) is 10.8 Å². The highest BCUT2D eigenvalue weighted by Gasteiger charge is 2.36. The van der Waals surface area contributed by atoms with E-state index in [2.05, 4.69) is 76.1 Å². The third-order valence-electron chi connectivity index (χ3n) is 6.23. The van der Waals surface area contributed by atoms with Gasteiger partial charge in [-0.25, -0.2) is 0 Å². The van der Waals surface area contributed by atoms with Gasteiger partial charge in [0.25, 0.3) is 5.91 Å². The Morgan fingerprint density at radius 2 is 1.71 bits per heavy atom. The summed E-state index contributed by atoms with van der Waals surface area (Å²) in [4.78, 5) is 16.8. The molecule has 1 aliphatic rings. The largest absolute Gasteiger partial charge is 0.342 e. The van der Waals surface area contributed by atoms with Crippen LogP contribution < -0.4 is 4.90 Å². The van der Waals surface area contributed by atoms with E-state index in [1.165, 1.54) is 16.6 Å². The van der Waals surface area contributed by atoms with Crippen molar-refractivity contribution >= 4 is 61.8 Å². The summed E-state index contributed by atoms with van der Waals surface area (Å²) < 4.78 is 3.35. The maximum absolute atomic E-state index is 13.4. The van der Waals surface area contributed by atoms with E-state index in [4.69, 9.17) is 12.2 Å². The van der Waals surface area contributed by atoms with Gasteiger partial charge in [-0.05, 0) is 60.1 Å². The van der Waals surface area contributed by atoms with Gasteiger partial charge in [-0.15, -0.1) is 0 Å². The zero-order chi connectivity index (χ0) is 23.8. The van der Waals surface area contributed by atoms with Crippen LogP contribution in [0.25, 0.3) is 17.0 Å². The number of carbonyl (C=O) groups is 1. The average molecular weight is 530 g/mol. The van der Waals surface area contributed by atoms with Crippen LogP contribution in [0.3, 0.4) is 0 Å². The van der Waals surface area contributed by atoms with Crippen LogP contribution in [0.5, 0.6) is 0 Å². The molecule has 4 aromatic rings. The molecule has 2 heterocycles. The molecule has 0 saturated carbocycles. The number of fused-ring (bicyclic) bond motifs is 1. The number of anilines is 1. The number of carbonyl (C=O) groups excluding carboxylic acids is 1. The van der Waals surface area contributed by atoms with Crippen LogP contribution in [-0.2, 0) is 17.8 Å². The highest BCUT2D eigenvalue weighted by molar-refractivity contribution is 9.10. The summed E-state index contributed by atoms with van der Waals surface area (Å²) in [5.41, 5.74) is 6.06. The van der Waals surface area contributed by atoms with E-state index in [1.807, 2.05) is 43.5 Å². The second-order valence-electron chi connectivity index (χ2n) is 8.35. The molecule has 1 aliphatic heterocycles. The van der Waals surface area contributed by atoms with Crippen molar-refractivity contribution in [3.63, 3.8) is 0 Å². The van der Waals surface area contributed by atoms with E-state index in [9.17, 15) is 4.79 Å². The molecule has 6 heteroatoms. The maximum Gasteiger partial charge on any atom is 0.281 e.